The topological polar surface area (TPSA) is 18.5 Å². The first-order valence-corrected chi connectivity index (χ1v) is 10.4. The van der Waals surface area contributed by atoms with Crippen LogP contribution in [0.25, 0.3) is 0 Å². The summed E-state index contributed by atoms with van der Waals surface area (Å²) in [6.45, 7) is 8.35. The zero-order valence-corrected chi connectivity index (χ0v) is 16.6. The summed E-state index contributed by atoms with van der Waals surface area (Å²) < 4.78 is 11.9. The molecule has 24 heavy (non-hydrogen) atoms. The second-order valence-corrected chi connectivity index (χ2v) is 6.51. The van der Waals surface area contributed by atoms with Crippen LogP contribution in [0.4, 0.5) is 0 Å². The first-order chi connectivity index (χ1) is 11.8. The van der Waals surface area contributed by atoms with Gasteiger partial charge in [0.15, 0.2) is 6.29 Å². The highest BCUT2D eigenvalue weighted by Gasteiger charge is 2.08. The molecule has 0 spiro atoms. The second-order valence-electron chi connectivity index (χ2n) is 6.51. The van der Waals surface area contributed by atoms with Gasteiger partial charge in [-0.2, -0.15) is 0 Å². The molecule has 0 saturated heterocycles. The van der Waals surface area contributed by atoms with E-state index >= 15 is 0 Å². The van der Waals surface area contributed by atoms with Crippen LogP contribution in [-0.2, 0) is 9.47 Å². The van der Waals surface area contributed by atoms with E-state index in [4.69, 9.17) is 9.47 Å². The summed E-state index contributed by atoms with van der Waals surface area (Å²) in [7, 11) is 0. The largest absolute Gasteiger partial charge is 0.353 e. The first-order valence-electron chi connectivity index (χ1n) is 10.4. The fraction of sp³-hybridized carbons (Fsp3) is 0.818. The fourth-order valence-electron chi connectivity index (χ4n) is 2.42. The van der Waals surface area contributed by atoms with Crippen molar-refractivity contribution in [1.82, 2.24) is 0 Å². The van der Waals surface area contributed by atoms with E-state index in [1.165, 1.54) is 44.9 Å². The molecular formula is C22H42O2. The number of hydrogen-bond donors (Lipinski definition) is 0. The van der Waals surface area contributed by atoms with Crippen molar-refractivity contribution >= 4 is 0 Å². The number of rotatable bonds is 18. The van der Waals surface area contributed by atoms with Gasteiger partial charge >= 0.3 is 0 Å². The number of unbranched alkanes of at least 4 members (excludes halogenated alkanes) is 7. The second kappa shape index (κ2) is 20.4. The molecule has 0 aliphatic carbocycles. The Hall–Kier alpha value is -0.600. The minimum absolute atomic E-state index is 0.00721. The monoisotopic (exact) mass is 338 g/mol. The van der Waals surface area contributed by atoms with E-state index in [-0.39, 0.29) is 6.29 Å². The van der Waals surface area contributed by atoms with Gasteiger partial charge < -0.3 is 9.47 Å². The van der Waals surface area contributed by atoms with Crippen molar-refractivity contribution in [3.8, 4) is 0 Å². The zero-order valence-electron chi connectivity index (χ0n) is 16.6. The summed E-state index contributed by atoms with van der Waals surface area (Å²) in [5.41, 5.74) is 0. The van der Waals surface area contributed by atoms with Crippen LogP contribution < -0.4 is 0 Å². The van der Waals surface area contributed by atoms with Gasteiger partial charge in [-0.25, -0.2) is 0 Å². The van der Waals surface area contributed by atoms with Gasteiger partial charge in [-0.3, -0.25) is 0 Å². The van der Waals surface area contributed by atoms with Gasteiger partial charge in [0, 0.05) is 13.2 Å². The molecule has 0 rings (SSSR count). The quantitative estimate of drug-likeness (QED) is 0.149. The lowest BCUT2D eigenvalue weighted by Gasteiger charge is -2.18. The molecule has 0 aromatic heterocycles. The Bertz CT molecular complexity index is 272. The highest BCUT2D eigenvalue weighted by Crippen LogP contribution is 2.10. The van der Waals surface area contributed by atoms with E-state index in [0.29, 0.717) is 0 Å². The zero-order chi connectivity index (χ0) is 17.7. The Morgan fingerprint density at radius 3 is 1.62 bits per heavy atom. The van der Waals surface area contributed by atoms with Gasteiger partial charge in [-0.05, 0) is 38.5 Å². The molecule has 0 heterocycles. The molecule has 2 nitrogen and oxygen atoms in total. The maximum atomic E-state index is 5.94. The average molecular weight is 339 g/mol. The predicted molar refractivity (Wildman–Crippen MR) is 106 cm³/mol. The third-order valence-electron chi connectivity index (χ3n) is 4.02. The highest BCUT2D eigenvalue weighted by molar-refractivity contribution is 5.02. The smallest absolute Gasteiger partial charge is 0.157 e. The summed E-state index contributed by atoms with van der Waals surface area (Å²) in [6.07, 6.45) is 23.1. The lowest BCUT2D eigenvalue weighted by Crippen LogP contribution is -2.18. The molecule has 0 aliphatic rings. The molecule has 0 bridgehead atoms. The molecule has 0 aliphatic heterocycles. The van der Waals surface area contributed by atoms with Crippen molar-refractivity contribution in [3.63, 3.8) is 0 Å². The summed E-state index contributed by atoms with van der Waals surface area (Å²) in [4.78, 5) is 0. The van der Waals surface area contributed by atoms with Gasteiger partial charge in [0.2, 0.25) is 0 Å². The molecule has 0 N–H and O–H groups in total. The molecular weight excluding hydrogens is 296 g/mol. The first kappa shape index (κ1) is 23.4. The van der Waals surface area contributed by atoms with Crippen molar-refractivity contribution in [2.24, 2.45) is 0 Å². The Labute approximate surface area is 151 Å². The Kier molecular flexibility index (Phi) is 19.9. The van der Waals surface area contributed by atoms with Crippen molar-refractivity contribution < 1.29 is 9.47 Å². The Balaban J connectivity index is 3.83. The van der Waals surface area contributed by atoms with E-state index in [1.54, 1.807) is 0 Å². The molecule has 0 atom stereocenters. The van der Waals surface area contributed by atoms with Gasteiger partial charge in [-0.15, -0.1) is 0 Å². The highest BCUT2D eigenvalue weighted by atomic mass is 16.7. The van der Waals surface area contributed by atoms with Crippen LogP contribution in [-0.4, -0.2) is 19.5 Å². The molecule has 0 saturated carbocycles. The molecule has 0 unspecified atom stereocenters. The summed E-state index contributed by atoms with van der Waals surface area (Å²) in [6, 6.07) is 0. The van der Waals surface area contributed by atoms with Crippen molar-refractivity contribution in [2.75, 3.05) is 13.2 Å². The molecule has 0 amide bonds. The third-order valence-corrected chi connectivity index (χ3v) is 4.02. The van der Waals surface area contributed by atoms with Crippen LogP contribution in [0.3, 0.4) is 0 Å². The standard InChI is InChI=1S/C22H42O2/c1-4-7-10-11-12-13-14-15-16-19-22(23-20-17-8-5-2)24-21-18-9-6-3/h11-14,22H,4-10,15-21H2,1-3H3/b12-11+,14-13-. The van der Waals surface area contributed by atoms with Crippen LogP contribution in [0.5, 0.6) is 0 Å². The van der Waals surface area contributed by atoms with Crippen molar-refractivity contribution in [3.05, 3.63) is 24.3 Å². The maximum absolute atomic E-state index is 5.94. The van der Waals surface area contributed by atoms with Gasteiger partial charge in [0.1, 0.15) is 0 Å². The van der Waals surface area contributed by atoms with Crippen LogP contribution >= 0.6 is 0 Å². The molecule has 0 fully saturated rings. The van der Waals surface area contributed by atoms with Crippen LogP contribution in [0, 0.1) is 0 Å². The maximum Gasteiger partial charge on any atom is 0.157 e. The molecule has 0 aromatic carbocycles. The number of hydrogen-bond acceptors (Lipinski definition) is 2. The van der Waals surface area contributed by atoms with E-state index in [0.717, 1.165) is 45.3 Å². The summed E-state index contributed by atoms with van der Waals surface area (Å²) >= 11 is 0. The fourth-order valence-corrected chi connectivity index (χ4v) is 2.42. The SMILES string of the molecule is CCCC/C=C/C=C\CCCC(OCCCCC)OCCCCC. The van der Waals surface area contributed by atoms with Crippen LogP contribution in [0.15, 0.2) is 24.3 Å². The lowest BCUT2D eigenvalue weighted by atomic mass is 10.2. The Morgan fingerprint density at radius 1 is 0.625 bits per heavy atom. The van der Waals surface area contributed by atoms with Crippen LogP contribution in [0.1, 0.15) is 97.8 Å². The van der Waals surface area contributed by atoms with Gasteiger partial charge in [0.05, 0.1) is 0 Å². The molecule has 142 valence electrons. The molecule has 2 heteroatoms. The predicted octanol–water partition coefficient (Wildman–Crippen LogP) is 7.20. The normalized spacial score (nSPS) is 12.2. The molecule has 0 radical (unpaired) electrons. The Morgan fingerprint density at radius 2 is 1.12 bits per heavy atom. The number of ether oxygens (including phenoxy) is 2. The third kappa shape index (κ3) is 17.7. The average Bonchev–Trinajstić information content (AvgIpc) is 2.60. The minimum Gasteiger partial charge on any atom is -0.353 e. The summed E-state index contributed by atoms with van der Waals surface area (Å²) in [5, 5.41) is 0. The van der Waals surface area contributed by atoms with Crippen LogP contribution in [0.2, 0.25) is 0 Å². The van der Waals surface area contributed by atoms with Crippen molar-refractivity contribution in [2.45, 2.75) is 104 Å². The van der Waals surface area contributed by atoms with E-state index < -0.39 is 0 Å². The summed E-state index contributed by atoms with van der Waals surface area (Å²) in [5.74, 6) is 0. The minimum atomic E-state index is -0.00721. The number of allylic oxidation sites excluding steroid dienone is 4. The van der Waals surface area contributed by atoms with E-state index in [1.807, 2.05) is 0 Å². The van der Waals surface area contributed by atoms with Crippen molar-refractivity contribution in [1.29, 1.82) is 0 Å². The van der Waals surface area contributed by atoms with E-state index in [9.17, 15) is 0 Å². The van der Waals surface area contributed by atoms with Gasteiger partial charge in [-0.1, -0.05) is 83.6 Å². The van der Waals surface area contributed by atoms with Gasteiger partial charge in [0.25, 0.3) is 0 Å². The molecule has 0 aromatic rings. The van der Waals surface area contributed by atoms with E-state index in [2.05, 4.69) is 45.1 Å². The lowest BCUT2D eigenvalue weighted by molar-refractivity contribution is -0.147.